The summed E-state index contributed by atoms with van der Waals surface area (Å²) in [6, 6.07) is 7.14. The second-order valence-electron chi connectivity index (χ2n) is 8.30. The van der Waals surface area contributed by atoms with Gasteiger partial charge in [-0.25, -0.2) is 14.4 Å². The molecule has 1 aromatic carbocycles. The van der Waals surface area contributed by atoms with E-state index in [4.69, 9.17) is 14.2 Å². The maximum absolute atomic E-state index is 12.9. The largest absolute Gasteiger partial charge is 0.462 e. The molecule has 0 aliphatic rings. The summed E-state index contributed by atoms with van der Waals surface area (Å²) in [4.78, 5) is 42.5. The third kappa shape index (κ3) is 6.51. The highest BCUT2D eigenvalue weighted by atomic mass is 16.6. The van der Waals surface area contributed by atoms with Crippen LogP contribution in [0.1, 0.15) is 72.3 Å². The first-order valence-corrected chi connectivity index (χ1v) is 10.9. The Morgan fingerprint density at radius 2 is 1.42 bits per heavy atom. The second-order valence-corrected chi connectivity index (χ2v) is 8.30. The summed E-state index contributed by atoms with van der Waals surface area (Å²) in [6.45, 7) is 12.5. The number of pyridine rings is 1. The predicted molar refractivity (Wildman–Crippen MR) is 126 cm³/mol. The number of esters is 3. The van der Waals surface area contributed by atoms with Gasteiger partial charge in [0.25, 0.3) is 0 Å². The maximum Gasteiger partial charge on any atom is 0.340 e. The number of nitrogens with zero attached hydrogens (tertiary/aromatic N) is 1. The van der Waals surface area contributed by atoms with Gasteiger partial charge in [-0.15, -0.1) is 0 Å². The van der Waals surface area contributed by atoms with Crippen LogP contribution in [0.2, 0.25) is 0 Å². The minimum Gasteiger partial charge on any atom is -0.462 e. The Kier molecular flexibility index (Phi) is 8.51. The molecule has 0 fully saturated rings. The molecule has 2 rings (SSSR count). The average Bonchev–Trinajstić information content (AvgIpc) is 2.71. The van der Waals surface area contributed by atoms with Gasteiger partial charge in [0, 0.05) is 11.6 Å². The lowest BCUT2D eigenvalue weighted by atomic mass is 9.89. The van der Waals surface area contributed by atoms with Crippen molar-refractivity contribution >= 4 is 24.0 Å². The number of carbonyl (C=O) groups is 3. The quantitative estimate of drug-likeness (QED) is 0.328. The first-order chi connectivity index (χ1) is 15.5. The monoisotopic (exact) mass is 453 g/mol. The van der Waals surface area contributed by atoms with E-state index in [1.165, 1.54) is 6.08 Å². The van der Waals surface area contributed by atoms with Gasteiger partial charge in [-0.1, -0.05) is 24.3 Å². The number of hydrogen-bond acceptors (Lipinski definition) is 7. The van der Waals surface area contributed by atoms with Gasteiger partial charge in [0.15, 0.2) is 0 Å². The lowest BCUT2D eigenvalue weighted by Crippen LogP contribution is -2.22. The van der Waals surface area contributed by atoms with Gasteiger partial charge < -0.3 is 14.2 Å². The van der Waals surface area contributed by atoms with Gasteiger partial charge in [0.2, 0.25) is 0 Å². The number of rotatable bonds is 7. The minimum atomic E-state index is -0.631. The number of ether oxygens (including phenoxy) is 3. The summed E-state index contributed by atoms with van der Waals surface area (Å²) in [6.07, 6.45) is 2.91. The third-order valence-electron chi connectivity index (χ3n) is 4.55. The molecule has 7 nitrogen and oxygen atoms in total. The number of aryl methyl sites for hydroxylation is 2. The minimum absolute atomic E-state index is 0.167. The highest BCUT2D eigenvalue weighted by molar-refractivity contribution is 6.08. The van der Waals surface area contributed by atoms with Crippen LogP contribution in [0.3, 0.4) is 0 Å². The van der Waals surface area contributed by atoms with Crippen molar-refractivity contribution in [1.29, 1.82) is 0 Å². The fourth-order valence-electron chi connectivity index (χ4n) is 3.39. The Labute approximate surface area is 194 Å². The van der Waals surface area contributed by atoms with Crippen LogP contribution >= 0.6 is 0 Å². The van der Waals surface area contributed by atoms with E-state index in [0.29, 0.717) is 28.1 Å². The van der Waals surface area contributed by atoms with Crippen molar-refractivity contribution in [2.24, 2.45) is 0 Å². The first-order valence-electron chi connectivity index (χ1n) is 10.9. The van der Waals surface area contributed by atoms with E-state index in [0.717, 1.165) is 0 Å². The molecular formula is C26H31NO6. The fraction of sp³-hybridized carbons (Fsp3) is 0.385. The molecule has 0 amide bonds. The summed E-state index contributed by atoms with van der Waals surface area (Å²) < 4.78 is 15.9. The Balaban J connectivity index is 2.79. The number of hydrogen-bond donors (Lipinski definition) is 0. The van der Waals surface area contributed by atoms with Crippen LogP contribution in [-0.2, 0) is 19.0 Å². The molecule has 0 saturated carbocycles. The van der Waals surface area contributed by atoms with Gasteiger partial charge in [-0.05, 0) is 65.7 Å². The van der Waals surface area contributed by atoms with Gasteiger partial charge in [-0.2, -0.15) is 0 Å². The Morgan fingerprint density at radius 3 is 1.91 bits per heavy atom. The molecule has 1 heterocycles. The van der Waals surface area contributed by atoms with Gasteiger partial charge in [0.1, 0.15) is 5.60 Å². The van der Waals surface area contributed by atoms with Crippen LogP contribution < -0.4 is 0 Å². The molecule has 33 heavy (non-hydrogen) atoms. The molecule has 0 aliphatic heterocycles. The Morgan fingerprint density at radius 1 is 0.909 bits per heavy atom. The summed E-state index contributed by atoms with van der Waals surface area (Å²) in [5.74, 6) is -1.68. The molecule has 1 aromatic heterocycles. The normalized spacial score (nSPS) is 11.4. The van der Waals surface area contributed by atoms with Crippen LogP contribution in [-0.4, -0.2) is 41.7 Å². The van der Waals surface area contributed by atoms with E-state index in [1.807, 2.05) is 0 Å². The van der Waals surface area contributed by atoms with E-state index >= 15 is 0 Å². The molecule has 0 N–H and O–H groups in total. The van der Waals surface area contributed by atoms with Crippen molar-refractivity contribution in [1.82, 2.24) is 4.98 Å². The lowest BCUT2D eigenvalue weighted by molar-refractivity contribution is -0.148. The zero-order chi connectivity index (χ0) is 24.8. The van der Waals surface area contributed by atoms with E-state index in [9.17, 15) is 14.4 Å². The number of carbonyl (C=O) groups excluding carboxylic acids is 3. The molecule has 176 valence electrons. The first kappa shape index (κ1) is 25.8. The molecule has 0 unspecified atom stereocenters. The van der Waals surface area contributed by atoms with Crippen molar-refractivity contribution in [2.45, 2.75) is 54.1 Å². The van der Waals surface area contributed by atoms with E-state index in [-0.39, 0.29) is 24.3 Å². The SMILES string of the molecule is CCOC(=O)c1c(C)nc(C)c(C(=O)OCC)c1-c1ccccc1C=CC(=O)OC(C)(C)C. The summed E-state index contributed by atoms with van der Waals surface area (Å²) in [5.41, 5.74) is 2.14. The van der Waals surface area contributed by atoms with Crippen LogP contribution in [0, 0.1) is 13.8 Å². The molecule has 0 spiro atoms. The van der Waals surface area contributed by atoms with Crippen LogP contribution in [0.15, 0.2) is 30.3 Å². The molecule has 0 radical (unpaired) electrons. The van der Waals surface area contributed by atoms with Crippen molar-refractivity contribution in [3.05, 3.63) is 58.4 Å². The molecule has 0 aliphatic carbocycles. The molecule has 2 aromatic rings. The standard InChI is InChI=1S/C26H31NO6/c1-8-31-24(29)21-16(3)27-17(4)22(25(30)32-9-2)23(21)19-13-11-10-12-18(19)14-15-20(28)33-26(5,6)7/h10-15H,8-9H2,1-7H3. The molecule has 0 atom stereocenters. The molecule has 0 saturated heterocycles. The zero-order valence-electron chi connectivity index (χ0n) is 20.3. The molecule has 0 bridgehead atoms. The Bertz CT molecular complexity index is 1040. The van der Waals surface area contributed by atoms with E-state index in [2.05, 4.69) is 4.98 Å². The van der Waals surface area contributed by atoms with E-state index in [1.54, 1.807) is 78.8 Å². The van der Waals surface area contributed by atoms with Gasteiger partial charge in [0.05, 0.1) is 35.7 Å². The number of aromatic nitrogens is 1. The molecular weight excluding hydrogens is 422 g/mol. The van der Waals surface area contributed by atoms with Crippen molar-refractivity contribution < 1.29 is 28.6 Å². The highest BCUT2D eigenvalue weighted by Crippen LogP contribution is 2.35. The smallest absolute Gasteiger partial charge is 0.340 e. The summed E-state index contributed by atoms with van der Waals surface area (Å²) in [7, 11) is 0. The fourth-order valence-corrected chi connectivity index (χ4v) is 3.39. The van der Waals surface area contributed by atoms with Crippen LogP contribution in [0.25, 0.3) is 17.2 Å². The Hall–Kier alpha value is -3.48. The zero-order valence-corrected chi connectivity index (χ0v) is 20.3. The third-order valence-corrected chi connectivity index (χ3v) is 4.55. The average molecular weight is 454 g/mol. The predicted octanol–water partition coefficient (Wildman–Crippen LogP) is 5.07. The van der Waals surface area contributed by atoms with Gasteiger partial charge >= 0.3 is 17.9 Å². The maximum atomic E-state index is 12.9. The summed E-state index contributed by atoms with van der Waals surface area (Å²) in [5, 5.41) is 0. The summed E-state index contributed by atoms with van der Waals surface area (Å²) >= 11 is 0. The number of benzene rings is 1. The molecule has 7 heteroatoms. The second kappa shape index (κ2) is 10.9. The van der Waals surface area contributed by atoms with Crippen LogP contribution in [0.4, 0.5) is 0 Å². The lowest BCUT2D eigenvalue weighted by Gasteiger charge is -2.19. The highest BCUT2D eigenvalue weighted by Gasteiger charge is 2.28. The van der Waals surface area contributed by atoms with Crippen molar-refractivity contribution in [3.63, 3.8) is 0 Å². The van der Waals surface area contributed by atoms with Crippen molar-refractivity contribution in [2.75, 3.05) is 13.2 Å². The van der Waals surface area contributed by atoms with Gasteiger partial charge in [-0.3, -0.25) is 4.98 Å². The topological polar surface area (TPSA) is 91.8 Å². The van der Waals surface area contributed by atoms with E-state index < -0.39 is 23.5 Å². The van der Waals surface area contributed by atoms with Crippen molar-refractivity contribution in [3.8, 4) is 11.1 Å². The van der Waals surface area contributed by atoms with Crippen LogP contribution in [0.5, 0.6) is 0 Å².